The first-order valence-corrected chi connectivity index (χ1v) is 12.3. The van der Waals surface area contributed by atoms with Crippen molar-refractivity contribution in [2.75, 3.05) is 16.4 Å². The van der Waals surface area contributed by atoms with Gasteiger partial charge in [0, 0.05) is 28.3 Å². The molecule has 2 heterocycles. The van der Waals surface area contributed by atoms with Gasteiger partial charge in [0.1, 0.15) is 0 Å². The summed E-state index contributed by atoms with van der Waals surface area (Å²) in [7, 11) is -3.13. The zero-order valence-electron chi connectivity index (χ0n) is 15.5. The molecule has 7 nitrogen and oxygen atoms in total. The van der Waals surface area contributed by atoms with Gasteiger partial charge in [-0.25, -0.2) is 8.42 Å². The van der Waals surface area contributed by atoms with Crippen LogP contribution in [0.2, 0.25) is 0 Å². The number of aliphatic carboxylic acids is 1. The summed E-state index contributed by atoms with van der Waals surface area (Å²) in [5, 5.41) is 9.05. The summed E-state index contributed by atoms with van der Waals surface area (Å²) in [4.78, 5) is 29.0. The number of anilines is 1. The summed E-state index contributed by atoms with van der Waals surface area (Å²) in [6.45, 7) is 3.89. The van der Waals surface area contributed by atoms with Gasteiger partial charge in [-0.3, -0.25) is 9.59 Å². The highest BCUT2D eigenvalue weighted by Gasteiger charge is 2.50. The normalized spacial score (nSPS) is 24.5. The predicted octanol–water partition coefficient (Wildman–Crippen LogP) is 2.92. The van der Waals surface area contributed by atoms with Crippen LogP contribution >= 0.6 is 27.7 Å². The Labute approximate surface area is 176 Å². The van der Waals surface area contributed by atoms with E-state index in [0.717, 1.165) is 21.3 Å². The zero-order valence-corrected chi connectivity index (χ0v) is 18.7. The number of amides is 1. The largest absolute Gasteiger partial charge is 0.481 e. The summed E-state index contributed by atoms with van der Waals surface area (Å²) in [5.74, 6) is -1.23. The Morgan fingerprint density at radius 2 is 1.89 bits per heavy atom. The molecule has 2 aliphatic heterocycles. The number of aliphatic imine (C=N–C) groups is 1. The number of hydrogen-bond acceptors (Lipinski definition) is 5. The molecule has 2 aliphatic rings. The number of aryl methyl sites for hydroxylation is 2. The lowest BCUT2D eigenvalue weighted by molar-refractivity contribution is -0.137. The van der Waals surface area contributed by atoms with Crippen molar-refractivity contribution in [2.45, 2.75) is 44.4 Å². The molecule has 2 atom stereocenters. The molecule has 1 N–H and O–H groups in total. The maximum Gasteiger partial charge on any atom is 0.303 e. The van der Waals surface area contributed by atoms with Crippen molar-refractivity contribution in [3.05, 3.63) is 27.7 Å². The Bertz CT molecular complexity index is 938. The predicted molar refractivity (Wildman–Crippen MR) is 114 cm³/mol. The van der Waals surface area contributed by atoms with E-state index in [1.54, 1.807) is 0 Å². The molecule has 2 fully saturated rings. The average Bonchev–Trinajstić information content (AvgIpc) is 2.98. The molecule has 0 saturated carbocycles. The molecule has 1 aromatic carbocycles. The SMILES string of the molecule is Cc1cc(Br)cc(C)c1N1C(=NC(=O)CCCC(=O)O)SC2CS(=O)(=O)CC21. The van der Waals surface area contributed by atoms with Gasteiger partial charge >= 0.3 is 5.97 Å². The van der Waals surface area contributed by atoms with E-state index in [-0.39, 0.29) is 48.0 Å². The molecule has 1 aromatic rings. The topological polar surface area (TPSA) is 104 Å². The second-order valence-corrected chi connectivity index (χ2v) is 11.4. The highest BCUT2D eigenvalue weighted by Crippen LogP contribution is 2.43. The highest BCUT2D eigenvalue weighted by molar-refractivity contribution is 9.10. The number of nitrogens with zero attached hydrogens (tertiary/aromatic N) is 2. The summed E-state index contributed by atoms with van der Waals surface area (Å²) in [6, 6.07) is 3.64. The van der Waals surface area contributed by atoms with E-state index in [9.17, 15) is 18.0 Å². The summed E-state index contributed by atoms with van der Waals surface area (Å²) < 4.78 is 25.3. The number of hydrogen-bond donors (Lipinski definition) is 1. The maximum atomic E-state index is 12.3. The number of carbonyl (C=O) groups is 2. The number of carboxylic acid groups (broad SMARTS) is 1. The number of thioether (sulfide) groups is 1. The van der Waals surface area contributed by atoms with Crippen LogP contribution in [0, 0.1) is 13.8 Å². The second-order valence-electron chi connectivity index (χ2n) is 7.09. The molecule has 1 amide bonds. The van der Waals surface area contributed by atoms with E-state index in [2.05, 4.69) is 20.9 Å². The molecular formula is C18H21BrN2O5S2. The monoisotopic (exact) mass is 488 g/mol. The number of carbonyl (C=O) groups excluding carboxylic acids is 1. The van der Waals surface area contributed by atoms with Crippen molar-refractivity contribution >= 4 is 60.3 Å². The number of sulfone groups is 1. The number of carboxylic acids is 1. The standard InChI is InChI=1S/C18H21BrN2O5S2/c1-10-6-12(19)7-11(2)17(10)21-13-8-28(25,26)9-14(13)27-18(21)20-15(22)4-3-5-16(23)24/h6-7,13-14H,3-5,8-9H2,1-2H3,(H,23,24). The Balaban J connectivity index is 1.95. The fraction of sp³-hybridized carbons (Fsp3) is 0.500. The smallest absolute Gasteiger partial charge is 0.303 e. The molecule has 2 saturated heterocycles. The van der Waals surface area contributed by atoms with E-state index >= 15 is 0 Å². The van der Waals surface area contributed by atoms with Gasteiger partial charge in [0.05, 0.1) is 17.5 Å². The fourth-order valence-electron chi connectivity index (χ4n) is 3.66. The molecule has 0 spiro atoms. The van der Waals surface area contributed by atoms with Crippen molar-refractivity contribution in [3.8, 4) is 0 Å². The van der Waals surface area contributed by atoms with Gasteiger partial charge in [-0.2, -0.15) is 4.99 Å². The number of benzene rings is 1. The van der Waals surface area contributed by atoms with E-state index in [1.807, 2.05) is 30.9 Å². The third-order valence-corrected chi connectivity index (χ3v) is 8.43. The summed E-state index contributed by atoms with van der Waals surface area (Å²) >= 11 is 4.80. The van der Waals surface area contributed by atoms with Gasteiger partial charge in [0.15, 0.2) is 15.0 Å². The van der Waals surface area contributed by atoms with Gasteiger partial charge in [0.2, 0.25) is 5.91 Å². The lowest BCUT2D eigenvalue weighted by Crippen LogP contribution is -2.38. The van der Waals surface area contributed by atoms with Crippen LogP contribution in [0.25, 0.3) is 0 Å². The first-order chi connectivity index (χ1) is 13.1. The molecule has 152 valence electrons. The number of rotatable bonds is 5. The minimum Gasteiger partial charge on any atom is -0.481 e. The van der Waals surface area contributed by atoms with Crippen LogP contribution in [-0.4, -0.2) is 53.4 Å². The van der Waals surface area contributed by atoms with E-state index in [1.165, 1.54) is 11.8 Å². The Morgan fingerprint density at radius 1 is 1.25 bits per heavy atom. The molecule has 3 rings (SSSR count). The van der Waals surface area contributed by atoms with Crippen molar-refractivity contribution in [1.29, 1.82) is 0 Å². The number of halogens is 1. The van der Waals surface area contributed by atoms with Crippen LogP contribution in [0.3, 0.4) is 0 Å². The van der Waals surface area contributed by atoms with Crippen LogP contribution in [0.5, 0.6) is 0 Å². The molecule has 28 heavy (non-hydrogen) atoms. The molecular weight excluding hydrogens is 468 g/mol. The minimum absolute atomic E-state index is 0.0336. The number of fused-ring (bicyclic) bond motifs is 1. The third-order valence-electron chi connectivity index (χ3n) is 4.76. The summed E-state index contributed by atoms with van der Waals surface area (Å²) in [5.41, 5.74) is 2.80. The minimum atomic E-state index is -3.13. The van der Waals surface area contributed by atoms with Gasteiger partial charge in [-0.1, -0.05) is 27.7 Å². The average molecular weight is 489 g/mol. The van der Waals surface area contributed by atoms with E-state index in [4.69, 9.17) is 5.11 Å². The van der Waals surface area contributed by atoms with Gasteiger partial charge in [-0.05, 0) is 43.5 Å². The van der Waals surface area contributed by atoms with Crippen LogP contribution < -0.4 is 4.90 Å². The highest BCUT2D eigenvalue weighted by atomic mass is 79.9. The van der Waals surface area contributed by atoms with Gasteiger partial charge in [0.25, 0.3) is 0 Å². The first kappa shape index (κ1) is 21.3. The molecule has 0 bridgehead atoms. The van der Waals surface area contributed by atoms with Crippen molar-refractivity contribution in [3.63, 3.8) is 0 Å². The van der Waals surface area contributed by atoms with Gasteiger partial charge in [-0.15, -0.1) is 0 Å². The van der Waals surface area contributed by atoms with Crippen molar-refractivity contribution < 1.29 is 23.1 Å². The van der Waals surface area contributed by atoms with Crippen LogP contribution in [0.4, 0.5) is 5.69 Å². The second kappa shape index (κ2) is 8.16. The third kappa shape index (κ3) is 4.60. The first-order valence-electron chi connectivity index (χ1n) is 8.84. The van der Waals surface area contributed by atoms with E-state index in [0.29, 0.717) is 5.17 Å². The molecule has 0 radical (unpaired) electrons. The zero-order chi connectivity index (χ0) is 20.6. The van der Waals surface area contributed by atoms with Crippen LogP contribution in [0.15, 0.2) is 21.6 Å². The Kier molecular flexibility index (Phi) is 6.21. The molecule has 2 unspecified atom stereocenters. The lowest BCUT2D eigenvalue weighted by atomic mass is 10.1. The molecule has 0 aliphatic carbocycles. The molecule has 0 aromatic heterocycles. The Morgan fingerprint density at radius 3 is 2.50 bits per heavy atom. The summed E-state index contributed by atoms with van der Waals surface area (Å²) in [6.07, 6.45) is 0.200. The lowest BCUT2D eigenvalue weighted by Gasteiger charge is -2.28. The number of amidine groups is 1. The van der Waals surface area contributed by atoms with Crippen LogP contribution in [0.1, 0.15) is 30.4 Å². The van der Waals surface area contributed by atoms with Gasteiger partial charge < -0.3 is 10.0 Å². The fourth-order valence-corrected chi connectivity index (χ4v) is 8.27. The van der Waals surface area contributed by atoms with Crippen molar-refractivity contribution in [2.24, 2.45) is 4.99 Å². The quantitative estimate of drug-likeness (QED) is 0.678. The van der Waals surface area contributed by atoms with Crippen LogP contribution in [-0.2, 0) is 19.4 Å². The van der Waals surface area contributed by atoms with E-state index < -0.39 is 15.8 Å². The Hall–Kier alpha value is -1.39. The maximum absolute atomic E-state index is 12.3. The van der Waals surface area contributed by atoms with Crippen molar-refractivity contribution in [1.82, 2.24) is 0 Å². The molecule has 10 heteroatoms.